The number of fused-ring (bicyclic) bond motifs is 5. The van der Waals surface area contributed by atoms with Crippen LogP contribution in [0.2, 0.25) is 0 Å². The summed E-state index contributed by atoms with van der Waals surface area (Å²) in [5.74, 6) is 0.609. The van der Waals surface area contributed by atoms with Gasteiger partial charge in [-0.3, -0.25) is 14.4 Å². The third-order valence-electron chi connectivity index (χ3n) is 13.0. The van der Waals surface area contributed by atoms with E-state index in [2.05, 4.69) is 57.0 Å². The number of hydrogen-bond donors (Lipinski definition) is 4. The highest BCUT2D eigenvalue weighted by Crippen LogP contribution is 2.56. The number of alkyl carbamates (subject to hydrolysis) is 2. The molecular weight excluding hydrogens is 779 g/mol. The van der Waals surface area contributed by atoms with Crippen LogP contribution >= 0.6 is 0 Å². The molecule has 1 aliphatic carbocycles. The van der Waals surface area contributed by atoms with Gasteiger partial charge in [-0.25, -0.2) is 19.6 Å². The van der Waals surface area contributed by atoms with Crippen molar-refractivity contribution in [3.63, 3.8) is 0 Å². The molecule has 322 valence electrons. The SMILES string of the molecule is COC(=O)N[C@H](C(=O)N1CCC[C@H]1c1ncc(-c2ccc(-c3ccc(-c4cnc([C@H]5CCCN5C(=O)[C@H](NC(=O)OC)C(C)C)[nH]4)c4c3C3CC4C(=O)N3C)cc2)[nH]1)C(C)C. The van der Waals surface area contributed by atoms with Crippen molar-refractivity contribution in [2.45, 2.75) is 95.9 Å². The zero-order valence-corrected chi connectivity index (χ0v) is 35.8. The molecule has 2 unspecified atom stereocenters. The second kappa shape index (κ2) is 16.7. The van der Waals surface area contributed by atoms with E-state index in [-0.39, 0.29) is 53.6 Å². The average Bonchev–Trinajstić information content (AvgIpc) is 4.12. The summed E-state index contributed by atoms with van der Waals surface area (Å²) in [6.07, 6.45) is 6.15. The predicted molar refractivity (Wildman–Crippen MR) is 226 cm³/mol. The highest BCUT2D eigenvalue weighted by atomic mass is 16.5. The summed E-state index contributed by atoms with van der Waals surface area (Å²) < 4.78 is 9.57. The second-order valence-electron chi connectivity index (χ2n) is 17.3. The van der Waals surface area contributed by atoms with Crippen LogP contribution in [-0.4, -0.2) is 111 Å². The number of benzene rings is 2. The molecule has 16 nitrogen and oxygen atoms in total. The van der Waals surface area contributed by atoms with E-state index >= 15 is 0 Å². The van der Waals surface area contributed by atoms with E-state index in [0.29, 0.717) is 31.2 Å². The smallest absolute Gasteiger partial charge is 0.407 e. The van der Waals surface area contributed by atoms with E-state index in [1.54, 1.807) is 22.2 Å². The lowest BCUT2D eigenvalue weighted by atomic mass is 9.86. The Morgan fingerprint density at radius 1 is 0.689 bits per heavy atom. The topological polar surface area (TPSA) is 195 Å². The number of aromatic nitrogens is 4. The number of ether oxygens (including phenoxy) is 2. The fourth-order valence-electron chi connectivity index (χ4n) is 9.80. The molecule has 3 aliphatic heterocycles. The molecule has 8 rings (SSSR count). The lowest BCUT2D eigenvalue weighted by molar-refractivity contribution is -0.136. The summed E-state index contributed by atoms with van der Waals surface area (Å²) in [5, 5.41) is 5.41. The molecule has 2 aromatic carbocycles. The fraction of sp³-hybridized carbons (Fsp3) is 0.489. The molecule has 16 heteroatoms. The molecular formula is C45H55N9O7. The molecule has 0 spiro atoms. The molecule has 0 saturated carbocycles. The lowest BCUT2D eigenvalue weighted by Crippen LogP contribution is -2.51. The minimum absolute atomic E-state index is 0.0620. The lowest BCUT2D eigenvalue weighted by Gasteiger charge is -2.30. The molecule has 4 N–H and O–H groups in total. The molecule has 5 amide bonds. The van der Waals surface area contributed by atoms with E-state index in [9.17, 15) is 24.0 Å². The maximum absolute atomic E-state index is 13.8. The number of likely N-dealkylation sites (N-methyl/N-ethyl adjacent to an activating group) is 1. The van der Waals surface area contributed by atoms with Crippen LogP contribution < -0.4 is 10.6 Å². The Hall–Kier alpha value is -6.19. The number of carbonyl (C=O) groups excluding carboxylic acids is 5. The second-order valence-corrected chi connectivity index (χ2v) is 17.3. The van der Waals surface area contributed by atoms with Gasteiger partial charge < -0.3 is 44.8 Å². The molecule has 3 saturated heterocycles. The van der Waals surface area contributed by atoms with Crippen LogP contribution in [0.3, 0.4) is 0 Å². The number of carbonyl (C=O) groups is 5. The number of H-pyrrole nitrogens is 2. The zero-order chi connectivity index (χ0) is 43.3. The molecule has 3 fully saturated rings. The van der Waals surface area contributed by atoms with Crippen molar-refractivity contribution in [1.29, 1.82) is 0 Å². The first kappa shape index (κ1) is 41.5. The van der Waals surface area contributed by atoms with Gasteiger partial charge in [-0.2, -0.15) is 0 Å². The van der Waals surface area contributed by atoms with E-state index in [1.165, 1.54) is 14.2 Å². The number of aromatic amines is 2. The Labute approximate surface area is 355 Å². The van der Waals surface area contributed by atoms with Crippen LogP contribution in [0, 0.1) is 11.8 Å². The van der Waals surface area contributed by atoms with Gasteiger partial charge >= 0.3 is 12.2 Å². The Bertz CT molecular complexity index is 2340. The van der Waals surface area contributed by atoms with Crippen molar-refractivity contribution in [1.82, 2.24) is 45.3 Å². The highest BCUT2D eigenvalue weighted by molar-refractivity contribution is 5.95. The molecule has 0 radical (unpaired) electrons. The van der Waals surface area contributed by atoms with Gasteiger partial charge in [0.15, 0.2) is 0 Å². The first-order chi connectivity index (χ1) is 29.3. The van der Waals surface area contributed by atoms with Gasteiger partial charge in [0.25, 0.3) is 0 Å². The normalized spacial score (nSPS) is 21.6. The quantitative estimate of drug-likeness (QED) is 0.136. The van der Waals surface area contributed by atoms with Crippen LogP contribution in [0.1, 0.15) is 107 Å². The van der Waals surface area contributed by atoms with Crippen molar-refractivity contribution >= 4 is 29.9 Å². The number of nitrogens with zero attached hydrogens (tertiary/aromatic N) is 5. The van der Waals surface area contributed by atoms with Gasteiger partial charge in [-0.15, -0.1) is 0 Å². The number of methoxy groups -OCH3 is 2. The first-order valence-corrected chi connectivity index (χ1v) is 21.3. The maximum atomic E-state index is 13.8. The van der Waals surface area contributed by atoms with E-state index < -0.39 is 24.3 Å². The van der Waals surface area contributed by atoms with Crippen molar-refractivity contribution in [2.24, 2.45) is 11.8 Å². The number of imidazole rings is 2. The number of nitrogens with one attached hydrogen (secondary N) is 4. The van der Waals surface area contributed by atoms with Crippen molar-refractivity contribution < 1.29 is 33.4 Å². The Morgan fingerprint density at radius 3 is 1.70 bits per heavy atom. The third kappa shape index (κ3) is 7.50. The first-order valence-electron chi connectivity index (χ1n) is 21.3. The van der Waals surface area contributed by atoms with E-state index in [0.717, 1.165) is 70.5 Å². The standard InChI is InChI=1S/C45H55N9O7/c1-23(2)37(50-44(58)60-6)42(56)53-18-8-10-32(53)39-46-21-30(48-39)26-14-12-25(13-15-26)27-16-17-28(35-29-20-34(36(27)35)52(5)41(29)55)31-22-47-40(49-31)33-11-9-19-54(33)43(57)38(24(3)4)51-45(59)61-7/h12-17,21-24,29,32-34,37-38H,8-11,18-20H2,1-7H3,(H,46,48)(H,47,49)(H,50,58)(H,51,59)/t29?,32-,33+,34?,37-,38+/m0/s1. The molecule has 2 aromatic heterocycles. The molecule has 6 atom stereocenters. The third-order valence-corrected chi connectivity index (χ3v) is 13.0. The summed E-state index contributed by atoms with van der Waals surface area (Å²) in [5.41, 5.74) is 7.73. The van der Waals surface area contributed by atoms with Crippen LogP contribution in [0.25, 0.3) is 33.6 Å². The molecule has 5 heterocycles. The van der Waals surface area contributed by atoms with Gasteiger partial charge in [-0.1, -0.05) is 64.1 Å². The van der Waals surface area contributed by atoms with Crippen molar-refractivity contribution in [3.05, 3.63) is 71.6 Å². The van der Waals surface area contributed by atoms with Gasteiger partial charge in [0.05, 0.1) is 62.0 Å². The summed E-state index contributed by atoms with van der Waals surface area (Å²) in [4.78, 5) is 87.1. The summed E-state index contributed by atoms with van der Waals surface area (Å²) in [6.45, 7) is 8.70. The summed E-state index contributed by atoms with van der Waals surface area (Å²) in [6, 6.07) is 10.5. The minimum Gasteiger partial charge on any atom is -0.453 e. The molecule has 4 aliphatic rings. The summed E-state index contributed by atoms with van der Waals surface area (Å²) in [7, 11) is 4.45. The number of rotatable bonds is 11. The van der Waals surface area contributed by atoms with E-state index in [1.807, 2.05) is 39.6 Å². The Balaban J connectivity index is 1.04. The van der Waals surface area contributed by atoms with Gasteiger partial charge in [-0.05, 0) is 71.8 Å². The number of hydrogen-bond acceptors (Lipinski definition) is 9. The largest absolute Gasteiger partial charge is 0.453 e. The van der Waals surface area contributed by atoms with E-state index in [4.69, 9.17) is 19.4 Å². The number of amides is 5. The zero-order valence-electron chi connectivity index (χ0n) is 35.8. The van der Waals surface area contributed by atoms with Crippen molar-refractivity contribution in [2.75, 3.05) is 34.4 Å². The van der Waals surface area contributed by atoms with Crippen LogP contribution in [0.5, 0.6) is 0 Å². The maximum Gasteiger partial charge on any atom is 0.407 e. The van der Waals surface area contributed by atoms with Gasteiger partial charge in [0, 0.05) is 25.7 Å². The van der Waals surface area contributed by atoms with Gasteiger partial charge in [0.2, 0.25) is 17.7 Å². The van der Waals surface area contributed by atoms with Crippen LogP contribution in [0.4, 0.5) is 9.59 Å². The predicted octanol–water partition coefficient (Wildman–Crippen LogP) is 6.22. The van der Waals surface area contributed by atoms with Crippen molar-refractivity contribution in [3.8, 4) is 33.6 Å². The average molecular weight is 834 g/mol. The number of likely N-dealkylation sites (tertiary alicyclic amines) is 3. The van der Waals surface area contributed by atoms with Crippen LogP contribution in [-0.2, 0) is 23.9 Å². The van der Waals surface area contributed by atoms with Gasteiger partial charge in [0.1, 0.15) is 23.7 Å². The Kier molecular flexibility index (Phi) is 11.4. The molecule has 2 bridgehead atoms. The highest BCUT2D eigenvalue weighted by Gasteiger charge is 2.49. The van der Waals surface area contributed by atoms with Crippen LogP contribution in [0.15, 0.2) is 48.8 Å². The summed E-state index contributed by atoms with van der Waals surface area (Å²) >= 11 is 0. The molecule has 4 aromatic rings. The fourth-order valence-corrected chi connectivity index (χ4v) is 9.80. The molecule has 61 heavy (non-hydrogen) atoms. The Morgan fingerprint density at radius 2 is 1.18 bits per heavy atom. The minimum atomic E-state index is -0.732. The monoisotopic (exact) mass is 833 g/mol.